The SMILES string of the molecule is Cc1nc(I)co1. The number of aromatic nitrogens is 1. The lowest BCUT2D eigenvalue weighted by Crippen LogP contribution is -1.66. The first kappa shape index (κ1) is 5.08. The van der Waals surface area contributed by atoms with Gasteiger partial charge in [0.1, 0.15) is 9.96 Å². The molecular formula is C4H4INO. The molecule has 0 atom stereocenters. The second-order valence-corrected chi connectivity index (χ2v) is 2.29. The van der Waals surface area contributed by atoms with Crippen molar-refractivity contribution < 1.29 is 4.42 Å². The van der Waals surface area contributed by atoms with Gasteiger partial charge in [0.25, 0.3) is 0 Å². The average molecular weight is 209 g/mol. The van der Waals surface area contributed by atoms with Crippen LogP contribution in [0.4, 0.5) is 0 Å². The normalized spacial score (nSPS) is 9.43. The molecule has 3 heteroatoms. The van der Waals surface area contributed by atoms with Gasteiger partial charge in [-0.05, 0) is 22.6 Å². The molecule has 0 saturated heterocycles. The molecule has 0 aliphatic heterocycles. The highest BCUT2D eigenvalue weighted by molar-refractivity contribution is 14.1. The molecule has 0 amide bonds. The fraction of sp³-hybridized carbons (Fsp3) is 0.250. The summed E-state index contributed by atoms with van der Waals surface area (Å²) >= 11 is 2.10. The van der Waals surface area contributed by atoms with E-state index in [-0.39, 0.29) is 0 Å². The van der Waals surface area contributed by atoms with Gasteiger partial charge in [0.05, 0.1) is 0 Å². The van der Waals surface area contributed by atoms with E-state index < -0.39 is 0 Å². The van der Waals surface area contributed by atoms with Crippen LogP contribution in [0.2, 0.25) is 0 Å². The van der Waals surface area contributed by atoms with Crippen LogP contribution in [0, 0.1) is 10.6 Å². The number of nitrogens with zero attached hydrogens (tertiary/aromatic N) is 1. The van der Waals surface area contributed by atoms with Crippen LogP contribution >= 0.6 is 22.6 Å². The van der Waals surface area contributed by atoms with Crippen molar-refractivity contribution in [3.63, 3.8) is 0 Å². The summed E-state index contributed by atoms with van der Waals surface area (Å²) in [6, 6.07) is 0. The molecule has 0 radical (unpaired) electrons. The van der Waals surface area contributed by atoms with E-state index in [0.717, 1.165) is 9.59 Å². The first-order valence-corrected chi connectivity index (χ1v) is 2.94. The third-order valence-electron chi connectivity index (χ3n) is 0.591. The lowest BCUT2D eigenvalue weighted by atomic mass is 10.8. The molecule has 0 saturated carbocycles. The summed E-state index contributed by atoms with van der Waals surface area (Å²) in [5.74, 6) is 0.726. The van der Waals surface area contributed by atoms with Crippen LogP contribution in [0.5, 0.6) is 0 Å². The quantitative estimate of drug-likeness (QED) is 0.606. The van der Waals surface area contributed by atoms with Gasteiger partial charge < -0.3 is 4.42 Å². The maximum atomic E-state index is 4.85. The number of aryl methyl sites for hydroxylation is 1. The Labute approximate surface area is 55.1 Å². The van der Waals surface area contributed by atoms with Gasteiger partial charge in [-0.2, -0.15) is 0 Å². The third-order valence-corrected chi connectivity index (χ3v) is 1.09. The molecule has 0 unspecified atom stereocenters. The van der Waals surface area contributed by atoms with Crippen molar-refractivity contribution in [1.82, 2.24) is 4.98 Å². The number of hydrogen-bond donors (Lipinski definition) is 0. The van der Waals surface area contributed by atoms with Gasteiger partial charge in [-0.3, -0.25) is 0 Å². The largest absolute Gasteiger partial charge is 0.448 e. The van der Waals surface area contributed by atoms with Gasteiger partial charge in [-0.1, -0.05) is 0 Å². The average Bonchev–Trinajstić information content (AvgIpc) is 1.87. The Morgan fingerprint density at radius 1 is 1.86 bits per heavy atom. The molecule has 1 heterocycles. The van der Waals surface area contributed by atoms with Crippen molar-refractivity contribution in [3.8, 4) is 0 Å². The Balaban J connectivity index is 3.04. The lowest BCUT2D eigenvalue weighted by Gasteiger charge is -1.68. The standard InChI is InChI=1S/C4H4INO/c1-3-6-4(5)2-7-3/h2H,1H3. The molecule has 1 aromatic rings. The minimum atomic E-state index is 0.726. The Morgan fingerprint density at radius 3 is 2.71 bits per heavy atom. The highest BCUT2D eigenvalue weighted by Gasteiger charge is 1.89. The monoisotopic (exact) mass is 209 g/mol. The Hall–Kier alpha value is -0.0600. The summed E-state index contributed by atoms with van der Waals surface area (Å²) in [5, 5.41) is 0. The molecule has 0 bridgehead atoms. The maximum absolute atomic E-state index is 4.85. The zero-order valence-electron chi connectivity index (χ0n) is 3.81. The van der Waals surface area contributed by atoms with Gasteiger partial charge in [0.15, 0.2) is 5.89 Å². The number of oxazole rings is 1. The Kier molecular flexibility index (Phi) is 1.32. The molecule has 7 heavy (non-hydrogen) atoms. The van der Waals surface area contributed by atoms with Crippen LogP contribution in [0.25, 0.3) is 0 Å². The van der Waals surface area contributed by atoms with Crippen molar-refractivity contribution >= 4 is 22.6 Å². The smallest absolute Gasteiger partial charge is 0.191 e. The minimum absolute atomic E-state index is 0.726. The van der Waals surface area contributed by atoms with Crippen molar-refractivity contribution in [1.29, 1.82) is 0 Å². The Morgan fingerprint density at radius 2 is 2.57 bits per heavy atom. The van der Waals surface area contributed by atoms with Gasteiger partial charge in [0.2, 0.25) is 0 Å². The first-order chi connectivity index (χ1) is 3.29. The number of rotatable bonds is 0. The van der Waals surface area contributed by atoms with Crippen molar-refractivity contribution in [2.45, 2.75) is 6.92 Å². The predicted molar refractivity (Wildman–Crippen MR) is 34.0 cm³/mol. The van der Waals surface area contributed by atoms with E-state index in [1.807, 2.05) is 6.92 Å². The summed E-state index contributed by atoms with van der Waals surface area (Å²) in [5.41, 5.74) is 0. The summed E-state index contributed by atoms with van der Waals surface area (Å²) in [4.78, 5) is 3.93. The van der Waals surface area contributed by atoms with Gasteiger partial charge in [0, 0.05) is 6.92 Å². The van der Waals surface area contributed by atoms with Crippen LogP contribution in [0.1, 0.15) is 5.89 Å². The molecule has 1 aromatic heterocycles. The van der Waals surface area contributed by atoms with Gasteiger partial charge >= 0.3 is 0 Å². The van der Waals surface area contributed by atoms with E-state index in [1.54, 1.807) is 6.26 Å². The summed E-state index contributed by atoms with van der Waals surface area (Å²) in [7, 11) is 0. The van der Waals surface area contributed by atoms with E-state index in [2.05, 4.69) is 27.6 Å². The van der Waals surface area contributed by atoms with Crippen LogP contribution in [-0.2, 0) is 0 Å². The number of hydrogen-bond acceptors (Lipinski definition) is 2. The molecule has 1 rings (SSSR count). The molecule has 0 spiro atoms. The van der Waals surface area contributed by atoms with E-state index in [0.29, 0.717) is 0 Å². The molecule has 2 nitrogen and oxygen atoms in total. The Bertz CT molecular complexity index is 144. The molecule has 0 aliphatic rings. The molecule has 0 aromatic carbocycles. The molecular weight excluding hydrogens is 205 g/mol. The zero-order chi connectivity index (χ0) is 5.28. The highest BCUT2D eigenvalue weighted by atomic mass is 127. The van der Waals surface area contributed by atoms with Crippen molar-refractivity contribution in [3.05, 3.63) is 15.9 Å². The van der Waals surface area contributed by atoms with Crippen molar-refractivity contribution in [2.75, 3.05) is 0 Å². The van der Waals surface area contributed by atoms with E-state index in [9.17, 15) is 0 Å². The summed E-state index contributed by atoms with van der Waals surface area (Å²) in [6.07, 6.45) is 1.62. The fourth-order valence-corrected chi connectivity index (χ4v) is 0.804. The summed E-state index contributed by atoms with van der Waals surface area (Å²) in [6.45, 7) is 1.82. The molecule has 0 fully saturated rings. The second-order valence-electron chi connectivity index (χ2n) is 1.19. The first-order valence-electron chi connectivity index (χ1n) is 1.86. The van der Waals surface area contributed by atoms with Gasteiger partial charge in [-0.15, -0.1) is 0 Å². The molecule has 0 aliphatic carbocycles. The van der Waals surface area contributed by atoms with Crippen LogP contribution < -0.4 is 0 Å². The topological polar surface area (TPSA) is 26.0 Å². The van der Waals surface area contributed by atoms with E-state index >= 15 is 0 Å². The lowest BCUT2D eigenvalue weighted by molar-refractivity contribution is 0.521. The molecule has 38 valence electrons. The predicted octanol–water partition coefficient (Wildman–Crippen LogP) is 1.59. The van der Waals surface area contributed by atoms with Crippen LogP contribution in [-0.4, -0.2) is 4.98 Å². The van der Waals surface area contributed by atoms with E-state index in [1.165, 1.54) is 0 Å². The van der Waals surface area contributed by atoms with Crippen LogP contribution in [0.3, 0.4) is 0 Å². The van der Waals surface area contributed by atoms with Gasteiger partial charge in [-0.25, -0.2) is 4.98 Å². The van der Waals surface area contributed by atoms with E-state index in [4.69, 9.17) is 4.42 Å². The second kappa shape index (κ2) is 1.81. The fourth-order valence-electron chi connectivity index (χ4n) is 0.337. The zero-order valence-corrected chi connectivity index (χ0v) is 5.97. The van der Waals surface area contributed by atoms with Crippen LogP contribution in [0.15, 0.2) is 10.7 Å². The summed E-state index contributed by atoms with van der Waals surface area (Å²) < 4.78 is 5.76. The maximum Gasteiger partial charge on any atom is 0.191 e. The highest BCUT2D eigenvalue weighted by Crippen LogP contribution is 2.01. The molecule has 0 N–H and O–H groups in total. The third kappa shape index (κ3) is 1.15. The minimum Gasteiger partial charge on any atom is -0.448 e. The van der Waals surface area contributed by atoms with Crippen molar-refractivity contribution in [2.24, 2.45) is 0 Å². The number of halogens is 1.